The average Bonchev–Trinajstić information content (AvgIpc) is 2.97. The number of carbonyl (C=O) groups excluding carboxylic acids is 1. The van der Waals surface area contributed by atoms with E-state index in [1.54, 1.807) is 19.5 Å². The highest BCUT2D eigenvalue weighted by atomic mass is 16.5. The van der Waals surface area contributed by atoms with Gasteiger partial charge in [-0.05, 0) is 36.2 Å². The lowest BCUT2D eigenvalue weighted by atomic mass is 9.99. The fourth-order valence-corrected chi connectivity index (χ4v) is 3.80. The van der Waals surface area contributed by atoms with Crippen LogP contribution in [0.15, 0.2) is 48.8 Å². The molecule has 6 nitrogen and oxygen atoms in total. The minimum Gasteiger partial charge on any atom is -0.497 e. The van der Waals surface area contributed by atoms with Gasteiger partial charge in [0.05, 0.1) is 37.1 Å². The van der Waals surface area contributed by atoms with Crippen molar-refractivity contribution < 1.29 is 14.3 Å². The molecule has 1 N–H and O–H groups in total. The van der Waals surface area contributed by atoms with Crippen molar-refractivity contribution in [2.75, 3.05) is 25.5 Å². The number of nitrogens with one attached hydrogen (secondary N) is 1. The molecule has 6 heteroatoms. The number of hydrogen-bond acceptors (Lipinski definition) is 5. The Balaban J connectivity index is 1.37. The largest absolute Gasteiger partial charge is 0.497 e. The first-order valence-electron chi connectivity index (χ1n) is 8.93. The SMILES string of the molecule is COc1ccc(CN2C[C@H]3C[C@H](C(=O)Nc4cccnc4)[C@@H](C2)O3)cc1. The molecule has 0 saturated carbocycles. The van der Waals surface area contributed by atoms with Crippen LogP contribution in [0.25, 0.3) is 0 Å². The molecule has 0 aliphatic carbocycles. The van der Waals surface area contributed by atoms with Gasteiger partial charge in [-0.1, -0.05) is 12.1 Å². The molecule has 2 saturated heterocycles. The van der Waals surface area contributed by atoms with Gasteiger partial charge in [-0.15, -0.1) is 0 Å². The Morgan fingerprint density at radius 1 is 1.31 bits per heavy atom. The number of benzene rings is 1. The molecule has 26 heavy (non-hydrogen) atoms. The van der Waals surface area contributed by atoms with Gasteiger partial charge < -0.3 is 14.8 Å². The number of likely N-dealkylation sites (tertiary alicyclic amines) is 1. The summed E-state index contributed by atoms with van der Waals surface area (Å²) in [5.41, 5.74) is 1.97. The second-order valence-electron chi connectivity index (χ2n) is 6.91. The highest BCUT2D eigenvalue weighted by Crippen LogP contribution is 2.33. The van der Waals surface area contributed by atoms with Crippen LogP contribution in [0.3, 0.4) is 0 Å². The normalized spacial score (nSPS) is 25.0. The number of amides is 1. The van der Waals surface area contributed by atoms with Crippen LogP contribution in [0.5, 0.6) is 5.75 Å². The summed E-state index contributed by atoms with van der Waals surface area (Å²) in [6.07, 6.45) is 4.20. The number of pyridine rings is 1. The first kappa shape index (κ1) is 17.0. The topological polar surface area (TPSA) is 63.7 Å². The molecular formula is C20H23N3O3. The lowest BCUT2D eigenvalue weighted by Gasteiger charge is -2.32. The van der Waals surface area contributed by atoms with Gasteiger partial charge in [-0.3, -0.25) is 14.7 Å². The van der Waals surface area contributed by atoms with Crippen molar-refractivity contribution in [1.82, 2.24) is 9.88 Å². The average molecular weight is 353 g/mol. The fraction of sp³-hybridized carbons (Fsp3) is 0.400. The van der Waals surface area contributed by atoms with E-state index in [0.29, 0.717) is 0 Å². The number of rotatable bonds is 5. The molecule has 4 rings (SSSR count). The van der Waals surface area contributed by atoms with E-state index < -0.39 is 0 Å². The van der Waals surface area contributed by atoms with Gasteiger partial charge >= 0.3 is 0 Å². The summed E-state index contributed by atoms with van der Waals surface area (Å²) in [4.78, 5) is 19.1. The van der Waals surface area contributed by atoms with Crippen molar-refractivity contribution in [2.45, 2.75) is 25.2 Å². The van der Waals surface area contributed by atoms with Crippen LogP contribution >= 0.6 is 0 Å². The summed E-state index contributed by atoms with van der Waals surface area (Å²) in [7, 11) is 1.67. The van der Waals surface area contributed by atoms with Crippen LogP contribution in [0.2, 0.25) is 0 Å². The van der Waals surface area contributed by atoms with E-state index in [1.807, 2.05) is 24.3 Å². The molecule has 0 unspecified atom stereocenters. The quantitative estimate of drug-likeness (QED) is 0.894. The maximum absolute atomic E-state index is 12.6. The van der Waals surface area contributed by atoms with Gasteiger partial charge in [0.15, 0.2) is 0 Å². The second kappa shape index (κ2) is 7.43. The van der Waals surface area contributed by atoms with Crippen LogP contribution in [0.1, 0.15) is 12.0 Å². The number of hydrogen-bond donors (Lipinski definition) is 1. The Morgan fingerprint density at radius 3 is 2.88 bits per heavy atom. The van der Waals surface area contributed by atoms with Crippen LogP contribution in [0.4, 0.5) is 5.69 Å². The van der Waals surface area contributed by atoms with E-state index >= 15 is 0 Å². The van der Waals surface area contributed by atoms with E-state index in [9.17, 15) is 4.79 Å². The van der Waals surface area contributed by atoms with Crippen LogP contribution < -0.4 is 10.1 Å². The summed E-state index contributed by atoms with van der Waals surface area (Å²) >= 11 is 0. The molecule has 0 radical (unpaired) electrons. The van der Waals surface area contributed by atoms with Gasteiger partial charge in [-0.25, -0.2) is 0 Å². The van der Waals surface area contributed by atoms with Gasteiger partial charge in [0.1, 0.15) is 5.75 Å². The number of methoxy groups -OCH3 is 1. The first-order valence-corrected chi connectivity index (χ1v) is 8.93. The maximum atomic E-state index is 12.6. The highest BCUT2D eigenvalue weighted by Gasteiger charge is 2.44. The summed E-state index contributed by atoms with van der Waals surface area (Å²) in [5.74, 6) is 0.779. The molecule has 2 bridgehead atoms. The molecule has 2 aliphatic rings. The molecule has 2 aliphatic heterocycles. The molecule has 1 aromatic carbocycles. The fourth-order valence-electron chi connectivity index (χ4n) is 3.80. The smallest absolute Gasteiger partial charge is 0.230 e. The molecule has 0 spiro atoms. The Hall–Kier alpha value is -2.44. The minimum absolute atomic E-state index is 0.0248. The number of carbonyl (C=O) groups is 1. The van der Waals surface area contributed by atoms with Crippen molar-refractivity contribution in [1.29, 1.82) is 0 Å². The van der Waals surface area contributed by atoms with E-state index in [-0.39, 0.29) is 24.0 Å². The van der Waals surface area contributed by atoms with E-state index in [2.05, 4.69) is 27.3 Å². The third kappa shape index (κ3) is 3.71. The molecule has 2 aromatic rings. The van der Waals surface area contributed by atoms with Gasteiger partial charge in [-0.2, -0.15) is 0 Å². The van der Waals surface area contributed by atoms with E-state index in [0.717, 1.165) is 37.5 Å². The van der Waals surface area contributed by atoms with E-state index in [4.69, 9.17) is 9.47 Å². The van der Waals surface area contributed by atoms with Crippen molar-refractivity contribution in [2.24, 2.45) is 5.92 Å². The monoisotopic (exact) mass is 353 g/mol. The van der Waals surface area contributed by atoms with Crippen LogP contribution in [0, 0.1) is 5.92 Å². The number of anilines is 1. The van der Waals surface area contributed by atoms with Crippen molar-refractivity contribution in [3.8, 4) is 5.75 Å². The Morgan fingerprint density at radius 2 is 2.15 bits per heavy atom. The molecule has 136 valence electrons. The summed E-state index contributed by atoms with van der Waals surface area (Å²) < 4.78 is 11.2. The number of ether oxygens (including phenoxy) is 2. The standard InChI is InChI=1S/C20H23N3O3/c1-25-16-6-4-14(5-7-16)11-23-12-17-9-18(19(13-23)26-17)20(24)22-15-3-2-8-21-10-15/h2-8,10,17-19H,9,11-13H2,1H3,(H,22,24)/t17-,18+,19-/m1/s1. The van der Waals surface area contributed by atoms with Crippen molar-refractivity contribution in [3.05, 3.63) is 54.4 Å². The molecular weight excluding hydrogens is 330 g/mol. The number of fused-ring (bicyclic) bond motifs is 2. The summed E-state index contributed by atoms with van der Waals surface area (Å²) in [5, 5.41) is 2.96. The Kier molecular flexibility index (Phi) is 4.86. The number of morpholine rings is 1. The third-order valence-corrected chi connectivity index (χ3v) is 5.06. The zero-order chi connectivity index (χ0) is 17.9. The van der Waals surface area contributed by atoms with Crippen LogP contribution in [-0.4, -0.2) is 48.2 Å². The van der Waals surface area contributed by atoms with Gasteiger partial charge in [0.2, 0.25) is 5.91 Å². The maximum Gasteiger partial charge on any atom is 0.230 e. The predicted molar refractivity (Wildman–Crippen MR) is 97.9 cm³/mol. The summed E-state index contributed by atoms with van der Waals surface area (Å²) in [6, 6.07) is 11.8. The Labute approximate surface area is 153 Å². The van der Waals surface area contributed by atoms with E-state index in [1.165, 1.54) is 5.56 Å². The highest BCUT2D eigenvalue weighted by molar-refractivity contribution is 5.93. The zero-order valence-corrected chi connectivity index (χ0v) is 14.8. The third-order valence-electron chi connectivity index (χ3n) is 5.06. The molecule has 3 heterocycles. The lowest BCUT2D eigenvalue weighted by molar-refractivity contribution is -0.123. The number of nitrogens with zero attached hydrogens (tertiary/aromatic N) is 2. The summed E-state index contributed by atoms with van der Waals surface area (Å²) in [6.45, 7) is 2.49. The van der Waals surface area contributed by atoms with Crippen LogP contribution in [-0.2, 0) is 16.1 Å². The number of aromatic nitrogens is 1. The molecule has 1 amide bonds. The lowest BCUT2D eigenvalue weighted by Crippen LogP contribution is -2.44. The first-order chi connectivity index (χ1) is 12.7. The van der Waals surface area contributed by atoms with Gasteiger partial charge in [0.25, 0.3) is 0 Å². The Bertz CT molecular complexity index is 751. The second-order valence-corrected chi connectivity index (χ2v) is 6.91. The zero-order valence-electron chi connectivity index (χ0n) is 14.8. The molecule has 2 fully saturated rings. The molecule has 1 aromatic heterocycles. The molecule has 3 atom stereocenters. The van der Waals surface area contributed by atoms with Crippen molar-refractivity contribution >= 4 is 11.6 Å². The van der Waals surface area contributed by atoms with Crippen molar-refractivity contribution in [3.63, 3.8) is 0 Å². The predicted octanol–water partition coefficient (Wildman–Crippen LogP) is 2.32. The van der Waals surface area contributed by atoms with Gasteiger partial charge in [0, 0.05) is 25.8 Å². The minimum atomic E-state index is -0.110.